The van der Waals surface area contributed by atoms with Gasteiger partial charge in [-0.15, -0.1) is 0 Å². The Morgan fingerprint density at radius 1 is 1.11 bits per heavy atom. The number of aliphatic hydroxyl groups is 2. The molecule has 0 amide bonds. The summed E-state index contributed by atoms with van der Waals surface area (Å²) in [7, 11) is 0. The summed E-state index contributed by atoms with van der Waals surface area (Å²) in [6.07, 6.45) is 14.3. The number of carbonyl (C=O) groups is 1. The monoisotopic (exact) mass is 626 g/mol. The van der Waals surface area contributed by atoms with E-state index in [1.807, 2.05) is 6.21 Å². The second-order valence-electron chi connectivity index (χ2n) is 15.3. The van der Waals surface area contributed by atoms with Gasteiger partial charge in [-0.2, -0.15) is 0 Å². The third-order valence-electron chi connectivity index (χ3n) is 11.4. The van der Waals surface area contributed by atoms with Gasteiger partial charge in [0.25, 0.3) is 0 Å². The number of nitrogens with zero attached hydrogens (tertiary/aromatic N) is 1. The van der Waals surface area contributed by atoms with Crippen molar-refractivity contribution in [1.29, 1.82) is 0 Å². The van der Waals surface area contributed by atoms with Gasteiger partial charge in [-0.25, -0.2) is 4.99 Å². The molecule has 5 rings (SSSR count). The van der Waals surface area contributed by atoms with Crippen LogP contribution >= 0.6 is 0 Å². The highest BCUT2D eigenvalue weighted by atomic mass is 16.4. The Morgan fingerprint density at radius 3 is 2.69 bits per heavy atom. The van der Waals surface area contributed by atoms with E-state index >= 15 is 0 Å². The molecule has 4 aliphatic rings. The Kier molecular flexibility index (Phi) is 12.1. The van der Waals surface area contributed by atoms with Gasteiger partial charge in [0.05, 0.1) is 30.4 Å². The molecule has 0 aromatic heterocycles. The number of benzene rings is 1. The lowest BCUT2D eigenvalue weighted by Gasteiger charge is -2.42. The molecule has 1 aromatic rings. The first-order chi connectivity index (χ1) is 21.6. The van der Waals surface area contributed by atoms with Gasteiger partial charge >= 0.3 is 5.97 Å². The Bertz CT molecular complexity index is 1130. The van der Waals surface area contributed by atoms with E-state index in [2.05, 4.69) is 59.1 Å². The van der Waals surface area contributed by atoms with Gasteiger partial charge in [-0.3, -0.25) is 4.79 Å². The van der Waals surface area contributed by atoms with Gasteiger partial charge in [0.2, 0.25) is 0 Å². The van der Waals surface area contributed by atoms with Crippen molar-refractivity contribution in [1.82, 2.24) is 16.0 Å². The van der Waals surface area contributed by atoms with Gasteiger partial charge < -0.3 is 36.2 Å². The third kappa shape index (κ3) is 10.1. The van der Waals surface area contributed by atoms with Crippen molar-refractivity contribution in [2.24, 2.45) is 10.9 Å². The number of aliphatic carboxylic acids is 1. The fourth-order valence-corrected chi connectivity index (χ4v) is 8.61. The van der Waals surface area contributed by atoms with Crippen LogP contribution in [0.1, 0.15) is 102 Å². The fraction of sp³-hybridized carbons (Fsp3) is 0.778. The number of piperidine rings is 2. The molecule has 0 radical (unpaired) electrons. The molecule has 7 N–H and O–H groups in total. The molecule has 9 nitrogen and oxygen atoms in total. The maximum atomic E-state index is 11.7. The van der Waals surface area contributed by atoms with Crippen LogP contribution in [0.5, 0.6) is 0 Å². The number of quaternary nitrogens is 1. The number of β-amino-alcohol motifs (C(OH)–C–C–N with tert-alkyl or cyclic N) is 1. The minimum absolute atomic E-state index is 0.112. The molecule has 0 spiro atoms. The molecule has 2 fully saturated rings. The first-order valence-corrected chi connectivity index (χ1v) is 17.9. The second-order valence-corrected chi connectivity index (χ2v) is 15.3. The average molecular weight is 627 g/mol. The molecule has 45 heavy (non-hydrogen) atoms. The molecule has 4 heterocycles. The van der Waals surface area contributed by atoms with Gasteiger partial charge in [-0.1, -0.05) is 56.4 Å². The molecule has 4 bridgehead atoms. The lowest BCUT2D eigenvalue weighted by molar-refractivity contribution is -0.914. The summed E-state index contributed by atoms with van der Waals surface area (Å²) in [6, 6.07) is 10.4. The molecule has 9 atom stereocenters. The van der Waals surface area contributed by atoms with Crippen LogP contribution in [0.2, 0.25) is 0 Å². The van der Waals surface area contributed by atoms with Crippen molar-refractivity contribution in [3.8, 4) is 0 Å². The highest BCUT2D eigenvalue weighted by molar-refractivity contribution is 5.68. The molecule has 0 saturated carbocycles. The summed E-state index contributed by atoms with van der Waals surface area (Å²) in [5.74, 6) is -0.354. The molecule has 252 valence electrons. The van der Waals surface area contributed by atoms with Crippen molar-refractivity contribution in [3.63, 3.8) is 0 Å². The van der Waals surface area contributed by atoms with E-state index in [1.165, 1.54) is 22.4 Å². The van der Waals surface area contributed by atoms with Crippen LogP contribution in [0.15, 0.2) is 29.3 Å². The van der Waals surface area contributed by atoms with Crippen LogP contribution in [-0.2, 0) is 17.6 Å². The minimum atomic E-state index is -1.23. The summed E-state index contributed by atoms with van der Waals surface area (Å²) in [6.45, 7) is 7.33. The zero-order chi connectivity index (χ0) is 31.9. The number of aliphatic hydroxyl groups excluding tert-OH is 1. The number of nitrogens with one attached hydrogen (secondary N) is 4. The number of aliphatic imine (C=N–C) groups is 1. The summed E-state index contributed by atoms with van der Waals surface area (Å²) in [5.41, 5.74) is 1.43. The maximum Gasteiger partial charge on any atom is 0.306 e. The number of fused-ring (bicyclic) bond motifs is 4. The summed E-state index contributed by atoms with van der Waals surface area (Å²) in [4.78, 5) is 17.7. The largest absolute Gasteiger partial charge is 0.481 e. The van der Waals surface area contributed by atoms with Gasteiger partial charge in [0.1, 0.15) is 12.6 Å². The third-order valence-corrected chi connectivity index (χ3v) is 11.4. The predicted octanol–water partition coefficient (Wildman–Crippen LogP) is 2.24. The Labute approximate surface area is 270 Å². The van der Waals surface area contributed by atoms with Crippen molar-refractivity contribution in [2.75, 3.05) is 26.3 Å². The zero-order valence-electron chi connectivity index (χ0n) is 27.8. The van der Waals surface area contributed by atoms with Gasteiger partial charge in [0, 0.05) is 30.6 Å². The van der Waals surface area contributed by atoms with Crippen molar-refractivity contribution in [2.45, 2.75) is 145 Å². The Hall–Kier alpha value is -1.88. The minimum Gasteiger partial charge on any atom is -0.481 e. The van der Waals surface area contributed by atoms with Crippen molar-refractivity contribution in [3.05, 3.63) is 35.4 Å². The highest BCUT2D eigenvalue weighted by Gasteiger charge is 2.40. The first kappa shape index (κ1) is 34.5. The smallest absolute Gasteiger partial charge is 0.306 e. The molecule has 1 unspecified atom stereocenters. The zero-order valence-corrected chi connectivity index (χ0v) is 27.8. The summed E-state index contributed by atoms with van der Waals surface area (Å²) >= 11 is 0. The number of rotatable bonds is 6. The van der Waals surface area contributed by atoms with E-state index in [4.69, 9.17) is 0 Å². The van der Waals surface area contributed by atoms with Crippen LogP contribution in [0.3, 0.4) is 0 Å². The molecular weight excluding hydrogens is 566 g/mol. The lowest BCUT2D eigenvalue weighted by Crippen LogP contribution is -3.16. The van der Waals surface area contributed by atoms with E-state index in [1.54, 1.807) is 0 Å². The van der Waals surface area contributed by atoms with Gasteiger partial charge in [-0.05, 0) is 82.4 Å². The van der Waals surface area contributed by atoms with E-state index in [0.29, 0.717) is 37.0 Å². The van der Waals surface area contributed by atoms with Crippen LogP contribution in [0, 0.1) is 5.92 Å². The van der Waals surface area contributed by atoms with E-state index in [0.717, 1.165) is 90.4 Å². The van der Waals surface area contributed by atoms with Crippen LogP contribution < -0.4 is 20.9 Å². The number of hydrogen-bond acceptors (Lipinski definition) is 7. The highest BCUT2D eigenvalue weighted by Crippen LogP contribution is 2.29. The fourth-order valence-electron chi connectivity index (χ4n) is 8.61. The molecule has 9 heteroatoms. The van der Waals surface area contributed by atoms with Crippen LogP contribution in [0.25, 0.3) is 0 Å². The second kappa shape index (κ2) is 15.8. The molecule has 4 aliphatic heterocycles. The van der Waals surface area contributed by atoms with E-state index in [-0.39, 0.29) is 24.1 Å². The number of carboxylic acids is 1. The number of carboxylic acid groups (broad SMARTS) is 1. The number of hydrogen-bond donors (Lipinski definition) is 7. The SMILES string of the molecule is C[C@@H]1N[C@H](CC[C@H]2CCCCCC[C@@](O)(CC(=O)O)CN[C@]3(C)CCN[C@@H](Cc4cccc(c4)C2)C3)[C@@H]([NH+]2CC=NC2)C[C@H]1O. The molecule has 1 aromatic carbocycles. The van der Waals surface area contributed by atoms with E-state index < -0.39 is 11.6 Å². The topological polar surface area (TPSA) is 131 Å². The molecular formula is C36H60N5O4+. The lowest BCUT2D eigenvalue weighted by atomic mass is 9.81. The Morgan fingerprint density at radius 2 is 1.91 bits per heavy atom. The standard InChI is InChI=1S/C36H59N5O4/c1-26-33(42)21-32(41-17-16-37-25-41)31(40-26)12-11-27-8-5-3-4-6-13-36(45,23-34(43)44)24-39-35(2)14-15-38-30(22-35)20-29-10-7-9-28(18-27)19-29/h7,9-10,16,19,26-27,30-33,38-40,42,45H,3-6,8,11-15,17-18,20-25H2,1-2H3,(H,43,44)/p+1/t26-,27+,30-,31+,32-,33+,35+,36+/m0/s1. The molecule has 0 aliphatic carbocycles. The van der Waals surface area contributed by atoms with Gasteiger partial charge in [0.15, 0.2) is 6.67 Å². The average Bonchev–Trinajstić information content (AvgIpc) is 3.53. The quantitative estimate of drug-likeness (QED) is 0.258. The molecule has 2 saturated heterocycles. The van der Waals surface area contributed by atoms with Crippen LogP contribution in [0.4, 0.5) is 0 Å². The van der Waals surface area contributed by atoms with E-state index in [9.17, 15) is 20.1 Å². The summed E-state index contributed by atoms with van der Waals surface area (Å²) < 4.78 is 0. The Balaban J connectivity index is 1.29. The van der Waals surface area contributed by atoms with Crippen molar-refractivity contribution < 1.29 is 25.0 Å². The maximum absolute atomic E-state index is 11.7. The normalized spacial score (nSPS) is 38.7. The predicted molar refractivity (Wildman–Crippen MR) is 179 cm³/mol. The first-order valence-electron chi connectivity index (χ1n) is 17.9. The van der Waals surface area contributed by atoms with Crippen molar-refractivity contribution >= 4 is 12.2 Å². The summed E-state index contributed by atoms with van der Waals surface area (Å²) in [5, 5.41) is 42.8. The van der Waals surface area contributed by atoms with Crippen LogP contribution in [-0.4, -0.2) is 95.2 Å².